The summed E-state index contributed by atoms with van der Waals surface area (Å²) in [5, 5.41) is 0. The first-order valence-electron chi connectivity index (χ1n) is 10.0. The molecule has 0 N–H and O–H groups in total. The molecule has 3 aromatic rings. The van der Waals surface area contributed by atoms with Crippen molar-refractivity contribution in [2.24, 2.45) is 5.92 Å². The van der Waals surface area contributed by atoms with Gasteiger partial charge in [-0.05, 0) is 24.8 Å². The molecular formula is C23H24N4O. The molecule has 0 atom stereocenters. The molecule has 0 radical (unpaired) electrons. The van der Waals surface area contributed by atoms with Crippen LogP contribution in [0.4, 0.5) is 0 Å². The van der Waals surface area contributed by atoms with Gasteiger partial charge in [-0.15, -0.1) is 0 Å². The predicted molar refractivity (Wildman–Crippen MR) is 108 cm³/mol. The van der Waals surface area contributed by atoms with E-state index in [-0.39, 0.29) is 0 Å². The number of nitrogens with zero attached hydrogens (tertiary/aromatic N) is 4. The summed E-state index contributed by atoms with van der Waals surface area (Å²) in [5.74, 6) is 2.33. The Labute approximate surface area is 165 Å². The Balaban J connectivity index is 1.29. The van der Waals surface area contributed by atoms with Crippen LogP contribution < -0.4 is 4.74 Å². The molecule has 0 unspecified atom stereocenters. The molecule has 5 rings (SSSR count). The van der Waals surface area contributed by atoms with E-state index in [0.717, 1.165) is 61.4 Å². The molecule has 0 amide bonds. The number of fused-ring (bicyclic) bond motifs is 1. The summed E-state index contributed by atoms with van der Waals surface area (Å²) < 4.78 is 5.97. The molecular weight excluding hydrogens is 348 g/mol. The quantitative estimate of drug-likeness (QED) is 0.657. The van der Waals surface area contributed by atoms with Crippen LogP contribution in [0.5, 0.6) is 5.88 Å². The van der Waals surface area contributed by atoms with Gasteiger partial charge in [-0.2, -0.15) is 0 Å². The van der Waals surface area contributed by atoms with Crippen LogP contribution in [0.25, 0.3) is 11.4 Å². The Morgan fingerprint density at radius 2 is 1.93 bits per heavy atom. The summed E-state index contributed by atoms with van der Waals surface area (Å²) in [5.41, 5.74) is 4.62. The second-order valence-electron chi connectivity index (χ2n) is 7.71. The van der Waals surface area contributed by atoms with Crippen molar-refractivity contribution in [3.63, 3.8) is 0 Å². The normalized spacial score (nSPS) is 16.6. The molecule has 1 saturated carbocycles. The van der Waals surface area contributed by atoms with Gasteiger partial charge in [-0.25, -0.2) is 15.0 Å². The van der Waals surface area contributed by atoms with Gasteiger partial charge in [0.15, 0.2) is 5.82 Å². The molecule has 5 heteroatoms. The van der Waals surface area contributed by atoms with E-state index in [1.54, 1.807) is 0 Å². The summed E-state index contributed by atoms with van der Waals surface area (Å²) in [4.78, 5) is 16.3. The maximum atomic E-state index is 5.97. The zero-order chi connectivity index (χ0) is 18.8. The zero-order valence-electron chi connectivity index (χ0n) is 15.9. The Kier molecular flexibility index (Phi) is 4.75. The van der Waals surface area contributed by atoms with Gasteiger partial charge in [-0.3, -0.25) is 4.90 Å². The maximum absolute atomic E-state index is 5.97. The third kappa shape index (κ3) is 3.90. The van der Waals surface area contributed by atoms with E-state index in [1.807, 2.05) is 36.7 Å². The molecule has 1 aliphatic heterocycles. The fourth-order valence-corrected chi connectivity index (χ4v) is 3.63. The first kappa shape index (κ1) is 17.3. The number of ether oxygens (including phenoxy) is 1. The van der Waals surface area contributed by atoms with Gasteiger partial charge in [0.1, 0.15) is 0 Å². The van der Waals surface area contributed by atoms with Gasteiger partial charge in [-0.1, -0.05) is 36.4 Å². The third-order valence-electron chi connectivity index (χ3n) is 5.44. The highest BCUT2D eigenvalue weighted by Crippen LogP contribution is 2.30. The number of hydrogen-bond donors (Lipinski definition) is 0. The van der Waals surface area contributed by atoms with E-state index in [4.69, 9.17) is 9.72 Å². The van der Waals surface area contributed by atoms with Gasteiger partial charge in [0.05, 0.1) is 12.3 Å². The van der Waals surface area contributed by atoms with E-state index in [2.05, 4.69) is 33.1 Å². The smallest absolute Gasteiger partial charge is 0.217 e. The minimum atomic E-state index is 0.729. The average Bonchev–Trinajstić information content (AvgIpc) is 3.58. The van der Waals surface area contributed by atoms with Gasteiger partial charge < -0.3 is 4.74 Å². The average molecular weight is 372 g/mol. The molecule has 0 bridgehead atoms. The number of pyridine rings is 1. The Morgan fingerprint density at radius 1 is 1.04 bits per heavy atom. The predicted octanol–water partition coefficient (Wildman–Crippen LogP) is 3.89. The van der Waals surface area contributed by atoms with Crippen molar-refractivity contribution in [2.75, 3.05) is 13.2 Å². The van der Waals surface area contributed by atoms with Crippen LogP contribution in [-0.2, 0) is 19.5 Å². The Morgan fingerprint density at radius 3 is 2.79 bits per heavy atom. The van der Waals surface area contributed by atoms with Crippen molar-refractivity contribution in [1.29, 1.82) is 0 Å². The molecule has 1 fully saturated rings. The third-order valence-corrected chi connectivity index (χ3v) is 5.44. The summed E-state index contributed by atoms with van der Waals surface area (Å²) in [6.07, 6.45) is 7.32. The van der Waals surface area contributed by atoms with E-state index in [9.17, 15) is 0 Å². The van der Waals surface area contributed by atoms with Crippen molar-refractivity contribution in [3.05, 3.63) is 71.7 Å². The first-order chi connectivity index (χ1) is 13.8. The van der Waals surface area contributed by atoms with E-state index < -0.39 is 0 Å². The standard InChI is InChI=1S/C23H24N4O/c1-2-5-18(6-3-1)22-25-13-20-15-27(12-10-21(20)26-22)14-19-7-4-11-24-23(19)28-16-17-8-9-17/h1-7,11,13,17H,8-10,12,14-16H2. The first-order valence-corrected chi connectivity index (χ1v) is 10.0. The van der Waals surface area contributed by atoms with Crippen LogP contribution in [-0.4, -0.2) is 33.0 Å². The zero-order valence-corrected chi connectivity index (χ0v) is 15.9. The van der Waals surface area contributed by atoms with Crippen molar-refractivity contribution in [1.82, 2.24) is 19.9 Å². The highest BCUT2D eigenvalue weighted by Gasteiger charge is 2.24. The van der Waals surface area contributed by atoms with E-state index >= 15 is 0 Å². The van der Waals surface area contributed by atoms with Crippen LogP contribution in [0.2, 0.25) is 0 Å². The number of hydrogen-bond acceptors (Lipinski definition) is 5. The second kappa shape index (κ2) is 7.68. The van der Waals surface area contributed by atoms with Crippen LogP contribution >= 0.6 is 0 Å². The minimum Gasteiger partial charge on any atom is -0.477 e. The number of rotatable bonds is 6. The molecule has 0 saturated heterocycles. The van der Waals surface area contributed by atoms with Crippen LogP contribution in [0.1, 0.15) is 29.7 Å². The summed E-state index contributed by atoms with van der Waals surface area (Å²) >= 11 is 0. The minimum absolute atomic E-state index is 0.729. The molecule has 2 aliphatic rings. The van der Waals surface area contributed by atoms with Crippen molar-refractivity contribution in [3.8, 4) is 17.3 Å². The fraction of sp³-hybridized carbons (Fsp3) is 0.348. The molecule has 28 heavy (non-hydrogen) atoms. The summed E-state index contributed by atoms with van der Waals surface area (Å²) in [6.45, 7) is 3.48. The highest BCUT2D eigenvalue weighted by molar-refractivity contribution is 5.54. The SMILES string of the molecule is c1ccc(-c2ncc3c(n2)CCN(Cc2cccnc2OCC2CC2)C3)cc1. The fourth-order valence-electron chi connectivity index (χ4n) is 3.63. The van der Waals surface area contributed by atoms with E-state index in [1.165, 1.54) is 24.1 Å². The van der Waals surface area contributed by atoms with Crippen LogP contribution in [0.3, 0.4) is 0 Å². The molecule has 1 aromatic carbocycles. The Bertz CT molecular complexity index is 956. The number of benzene rings is 1. The lowest BCUT2D eigenvalue weighted by Gasteiger charge is -2.28. The van der Waals surface area contributed by atoms with Crippen LogP contribution in [0.15, 0.2) is 54.9 Å². The highest BCUT2D eigenvalue weighted by atomic mass is 16.5. The largest absolute Gasteiger partial charge is 0.477 e. The van der Waals surface area contributed by atoms with Crippen molar-refractivity contribution < 1.29 is 4.74 Å². The monoisotopic (exact) mass is 372 g/mol. The second-order valence-corrected chi connectivity index (χ2v) is 7.71. The molecule has 3 heterocycles. The lowest BCUT2D eigenvalue weighted by Crippen LogP contribution is -2.31. The van der Waals surface area contributed by atoms with Crippen molar-refractivity contribution in [2.45, 2.75) is 32.4 Å². The van der Waals surface area contributed by atoms with E-state index in [0.29, 0.717) is 0 Å². The lowest BCUT2D eigenvalue weighted by atomic mass is 10.1. The van der Waals surface area contributed by atoms with Crippen LogP contribution in [0, 0.1) is 5.92 Å². The van der Waals surface area contributed by atoms with Gasteiger partial charge in [0.2, 0.25) is 5.88 Å². The topological polar surface area (TPSA) is 51.1 Å². The Hall–Kier alpha value is -2.79. The number of aromatic nitrogens is 3. The molecule has 5 nitrogen and oxygen atoms in total. The molecule has 2 aromatic heterocycles. The molecule has 142 valence electrons. The lowest BCUT2D eigenvalue weighted by molar-refractivity contribution is 0.231. The van der Waals surface area contributed by atoms with Gasteiger partial charge in [0.25, 0.3) is 0 Å². The summed E-state index contributed by atoms with van der Waals surface area (Å²) in [6, 6.07) is 14.3. The maximum Gasteiger partial charge on any atom is 0.217 e. The van der Waals surface area contributed by atoms with Gasteiger partial charge >= 0.3 is 0 Å². The molecule has 1 aliphatic carbocycles. The molecule has 0 spiro atoms. The van der Waals surface area contributed by atoms with Gasteiger partial charge in [0, 0.05) is 55.1 Å². The summed E-state index contributed by atoms with van der Waals surface area (Å²) in [7, 11) is 0. The van der Waals surface area contributed by atoms with Crippen molar-refractivity contribution >= 4 is 0 Å².